The number of halogens is 1. The minimum absolute atomic E-state index is 0.0614. The third kappa shape index (κ3) is 5.33. The van der Waals surface area contributed by atoms with Crippen LogP contribution >= 0.6 is 0 Å². The zero-order valence-electron chi connectivity index (χ0n) is 16.3. The highest BCUT2D eigenvalue weighted by molar-refractivity contribution is 7.89. The van der Waals surface area contributed by atoms with Crippen LogP contribution in [0, 0.1) is 5.82 Å². The molecule has 0 aliphatic heterocycles. The number of methoxy groups -OCH3 is 1. The van der Waals surface area contributed by atoms with Crippen molar-refractivity contribution in [3.63, 3.8) is 0 Å². The van der Waals surface area contributed by atoms with Crippen LogP contribution in [0.1, 0.15) is 41.6 Å². The third-order valence-corrected chi connectivity index (χ3v) is 6.57. The quantitative estimate of drug-likeness (QED) is 0.688. The molecular formula is C21H25FN2O4S. The molecule has 0 atom stereocenters. The third-order valence-electron chi connectivity index (χ3n) is 5.03. The zero-order chi connectivity index (χ0) is 20.9. The van der Waals surface area contributed by atoms with E-state index in [-0.39, 0.29) is 34.6 Å². The van der Waals surface area contributed by atoms with Gasteiger partial charge in [-0.25, -0.2) is 17.5 Å². The van der Waals surface area contributed by atoms with Crippen LogP contribution < -0.4 is 14.8 Å². The Morgan fingerprint density at radius 1 is 1.17 bits per heavy atom. The van der Waals surface area contributed by atoms with Crippen LogP contribution in [0.15, 0.2) is 47.4 Å². The van der Waals surface area contributed by atoms with Crippen molar-refractivity contribution in [2.24, 2.45) is 0 Å². The molecule has 0 spiro atoms. The van der Waals surface area contributed by atoms with Crippen molar-refractivity contribution in [3.05, 3.63) is 59.4 Å². The molecule has 1 aliphatic carbocycles. The molecule has 0 saturated heterocycles. The molecule has 2 N–H and O–H groups in total. The molecule has 0 unspecified atom stereocenters. The highest BCUT2D eigenvalue weighted by Crippen LogP contribution is 2.27. The summed E-state index contributed by atoms with van der Waals surface area (Å²) in [7, 11) is -2.43. The van der Waals surface area contributed by atoms with E-state index in [1.165, 1.54) is 31.4 Å². The largest absolute Gasteiger partial charge is 0.495 e. The first-order valence-electron chi connectivity index (χ1n) is 9.62. The first kappa shape index (κ1) is 21.3. The average molecular weight is 421 g/mol. The van der Waals surface area contributed by atoms with Crippen molar-refractivity contribution in [3.8, 4) is 5.75 Å². The van der Waals surface area contributed by atoms with E-state index in [1.807, 2.05) is 0 Å². The Labute approximate surface area is 170 Å². The van der Waals surface area contributed by atoms with Gasteiger partial charge in [0, 0.05) is 18.2 Å². The van der Waals surface area contributed by atoms with Gasteiger partial charge in [0.15, 0.2) is 0 Å². The van der Waals surface area contributed by atoms with Crippen molar-refractivity contribution >= 4 is 15.9 Å². The molecule has 1 amide bonds. The Balaban J connectivity index is 1.71. The molecule has 0 radical (unpaired) electrons. The zero-order valence-corrected chi connectivity index (χ0v) is 17.1. The summed E-state index contributed by atoms with van der Waals surface area (Å²) in [6.07, 6.45) is 3.93. The molecule has 6 nitrogen and oxygen atoms in total. The summed E-state index contributed by atoms with van der Waals surface area (Å²) in [4.78, 5) is 12.4. The highest BCUT2D eigenvalue weighted by atomic mass is 32.2. The number of hydrogen-bond acceptors (Lipinski definition) is 4. The Morgan fingerprint density at radius 3 is 2.59 bits per heavy atom. The lowest BCUT2D eigenvalue weighted by Crippen LogP contribution is -2.33. The molecular weight excluding hydrogens is 395 g/mol. The molecule has 3 rings (SSSR count). The first-order valence-corrected chi connectivity index (χ1v) is 11.1. The number of amides is 1. The smallest absolute Gasteiger partial charge is 0.251 e. The van der Waals surface area contributed by atoms with Crippen LogP contribution in [-0.2, 0) is 16.4 Å². The predicted molar refractivity (Wildman–Crippen MR) is 108 cm³/mol. The summed E-state index contributed by atoms with van der Waals surface area (Å²) in [5.74, 6) is -0.572. The van der Waals surface area contributed by atoms with E-state index in [4.69, 9.17) is 4.74 Å². The van der Waals surface area contributed by atoms with Crippen LogP contribution in [-0.4, -0.2) is 34.0 Å². The van der Waals surface area contributed by atoms with Crippen LogP contribution in [0.5, 0.6) is 5.75 Å². The van der Waals surface area contributed by atoms with Crippen LogP contribution in [0.25, 0.3) is 0 Å². The van der Waals surface area contributed by atoms with E-state index in [2.05, 4.69) is 10.0 Å². The standard InChI is InChI=1S/C21H25FN2O4S/c1-28-19-11-10-16(14-20(19)29(26,27)24-17-7-3-4-8-17)21(25)23-13-12-15-6-2-5-9-18(15)22/h2,5-6,9-11,14,17,24H,3-4,7-8,12-13H2,1H3,(H,23,25). The van der Waals surface area contributed by atoms with Crippen molar-refractivity contribution in [1.29, 1.82) is 0 Å². The molecule has 1 fully saturated rings. The second kappa shape index (κ2) is 9.37. The molecule has 1 aliphatic rings. The van der Waals surface area contributed by atoms with E-state index >= 15 is 0 Å². The lowest BCUT2D eigenvalue weighted by atomic mass is 10.1. The maximum Gasteiger partial charge on any atom is 0.251 e. The molecule has 1 saturated carbocycles. The second-order valence-corrected chi connectivity index (χ2v) is 8.75. The molecule has 29 heavy (non-hydrogen) atoms. The SMILES string of the molecule is COc1ccc(C(=O)NCCc2ccccc2F)cc1S(=O)(=O)NC1CCCC1. The van der Waals surface area contributed by atoms with Gasteiger partial charge in [0.05, 0.1) is 7.11 Å². The number of nitrogens with one attached hydrogen (secondary N) is 2. The number of carbonyl (C=O) groups is 1. The molecule has 2 aromatic carbocycles. The Bertz CT molecular complexity index is 972. The van der Waals surface area contributed by atoms with Gasteiger partial charge in [-0.1, -0.05) is 31.0 Å². The van der Waals surface area contributed by atoms with E-state index in [1.54, 1.807) is 18.2 Å². The van der Waals surface area contributed by atoms with Crippen molar-refractivity contribution in [2.75, 3.05) is 13.7 Å². The van der Waals surface area contributed by atoms with Gasteiger partial charge in [0.2, 0.25) is 10.0 Å². The van der Waals surface area contributed by atoms with E-state index in [0.717, 1.165) is 25.7 Å². The Morgan fingerprint density at radius 2 is 1.90 bits per heavy atom. The second-order valence-electron chi connectivity index (χ2n) is 7.07. The fourth-order valence-electron chi connectivity index (χ4n) is 3.47. The monoisotopic (exact) mass is 420 g/mol. The maximum atomic E-state index is 13.7. The van der Waals surface area contributed by atoms with Crippen molar-refractivity contribution in [2.45, 2.75) is 43.0 Å². The summed E-state index contributed by atoms with van der Waals surface area (Å²) in [5.41, 5.74) is 0.706. The summed E-state index contributed by atoms with van der Waals surface area (Å²) in [6, 6.07) is 10.6. The van der Waals surface area contributed by atoms with Gasteiger partial charge in [-0.05, 0) is 49.1 Å². The molecule has 0 aromatic heterocycles. The van der Waals surface area contributed by atoms with Gasteiger partial charge in [-0.2, -0.15) is 0 Å². The minimum atomic E-state index is -3.82. The fourth-order valence-corrected chi connectivity index (χ4v) is 4.97. The highest BCUT2D eigenvalue weighted by Gasteiger charge is 2.26. The number of ether oxygens (including phenoxy) is 1. The number of sulfonamides is 1. The normalized spacial score (nSPS) is 14.7. The number of hydrogen-bond donors (Lipinski definition) is 2. The number of benzene rings is 2. The number of carbonyl (C=O) groups excluding carboxylic acids is 1. The maximum absolute atomic E-state index is 13.7. The Kier molecular flexibility index (Phi) is 6.87. The van der Waals surface area contributed by atoms with Crippen LogP contribution in [0.4, 0.5) is 4.39 Å². The van der Waals surface area contributed by atoms with E-state index < -0.39 is 15.9 Å². The lowest BCUT2D eigenvalue weighted by Gasteiger charge is -2.16. The molecule has 0 bridgehead atoms. The van der Waals surface area contributed by atoms with Crippen molar-refractivity contribution in [1.82, 2.24) is 10.0 Å². The van der Waals surface area contributed by atoms with Crippen molar-refractivity contribution < 1.29 is 22.3 Å². The summed E-state index contributed by atoms with van der Waals surface area (Å²) < 4.78 is 47.2. The number of rotatable bonds is 8. The molecule has 0 heterocycles. The summed E-state index contributed by atoms with van der Waals surface area (Å²) in [6.45, 7) is 0.230. The first-order chi connectivity index (χ1) is 13.9. The van der Waals surface area contributed by atoms with Crippen LogP contribution in [0.2, 0.25) is 0 Å². The lowest BCUT2D eigenvalue weighted by molar-refractivity contribution is 0.0953. The van der Waals surface area contributed by atoms with Gasteiger partial charge < -0.3 is 10.1 Å². The molecule has 8 heteroatoms. The van der Waals surface area contributed by atoms with Crippen LogP contribution in [0.3, 0.4) is 0 Å². The van der Waals surface area contributed by atoms with E-state index in [0.29, 0.717) is 12.0 Å². The minimum Gasteiger partial charge on any atom is -0.495 e. The van der Waals surface area contributed by atoms with Gasteiger partial charge in [0.25, 0.3) is 5.91 Å². The summed E-state index contributed by atoms with van der Waals surface area (Å²) >= 11 is 0. The van der Waals surface area contributed by atoms with E-state index in [9.17, 15) is 17.6 Å². The molecule has 2 aromatic rings. The van der Waals surface area contributed by atoms with Gasteiger partial charge in [-0.15, -0.1) is 0 Å². The average Bonchev–Trinajstić information content (AvgIpc) is 3.21. The van der Waals surface area contributed by atoms with Gasteiger partial charge in [-0.3, -0.25) is 4.79 Å². The molecule has 156 valence electrons. The fraction of sp³-hybridized carbons (Fsp3) is 0.381. The summed E-state index contributed by atoms with van der Waals surface area (Å²) in [5, 5.41) is 2.70. The Hall–Kier alpha value is -2.45. The predicted octanol–water partition coefficient (Wildman–Crippen LogP) is 3.03. The van der Waals surface area contributed by atoms with Gasteiger partial charge >= 0.3 is 0 Å². The topological polar surface area (TPSA) is 84.5 Å². The van der Waals surface area contributed by atoms with Gasteiger partial charge in [0.1, 0.15) is 16.5 Å².